The van der Waals surface area contributed by atoms with Crippen LogP contribution >= 0.6 is 22.6 Å². The molecule has 2 aromatic rings. The second kappa shape index (κ2) is 5.19. The van der Waals surface area contributed by atoms with Crippen molar-refractivity contribution in [3.8, 4) is 0 Å². The lowest BCUT2D eigenvalue weighted by Gasteiger charge is -2.16. The van der Waals surface area contributed by atoms with Crippen LogP contribution in [0, 0.1) is 17.4 Å². The maximum atomic E-state index is 6.33. The van der Waals surface area contributed by atoms with Crippen molar-refractivity contribution in [2.24, 2.45) is 5.73 Å². The van der Waals surface area contributed by atoms with E-state index in [9.17, 15) is 0 Å². The van der Waals surface area contributed by atoms with Crippen molar-refractivity contribution < 1.29 is 0 Å². The van der Waals surface area contributed by atoms with Gasteiger partial charge in [0.05, 0.1) is 6.04 Å². The van der Waals surface area contributed by atoms with Crippen molar-refractivity contribution in [3.63, 3.8) is 0 Å². The molecule has 17 heavy (non-hydrogen) atoms. The molecule has 2 N–H and O–H groups in total. The molecule has 0 spiro atoms. The third-order valence-electron chi connectivity index (χ3n) is 2.97. The summed E-state index contributed by atoms with van der Waals surface area (Å²) in [6, 6.07) is 14.8. The molecule has 2 aromatic carbocycles. The highest BCUT2D eigenvalue weighted by Gasteiger charge is 2.11. The summed E-state index contributed by atoms with van der Waals surface area (Å²) in [7, 11) is 0. The first-order chi connectivity index (χ1) is 8.08. The first-order valence-corrected chi connectivity index (χ1v) is 6.74. The van der Waals surface area contributed by atoms with Crippen LogP contribution in [0.5, 0.6) is 0 Å². The second-order valence-corrected chi connectivity index (χ2v) is 5.64. The summed E-state index contributed by atoms with van der Waals surface area (Å²) < 4.78 is 1.22. The molecule has 0 saturated heterocycles. The van der Waals surface area contributed by atoms with Gasteiger partial charge in [-0.3, -0.25) is 0 Å². The molecule has 0 aromatic heterocycles. The topological polar surface area (TPSA) is 26.0 Å². The number of nitrogens with two attached hydrogens (primary N) is 1. The third-order valence-corrected chi connectivity index (χ3v) is 3.64. The molecule has 2 heteroatoms. The van der Waals surface area contributed by atoms with Crippen molar-refractivity contribution in [1.82, 2.24) is 0 Å². The van der Waals surface area contributed by atoms with E-state index < -0.39 is 0 Å². The van der Waals surface area contributed by atoms with E-state index in [4.69, 9.17) is 5.73 Å². The van der Waals surface area contributed by atoms with E-state index in [1.54, 1.807) is 0 Å². The normalized spacial score (nSPS) is 12.5. The van der Waals surface area contributed by atoms with Crippen LogP contribution in [-0.4, -0.2) is 0 Å². The fourth-order valence-corrected chi connectivity index (χ4v) is 2.62. The fourth-order valence-electron chi connectivity index (χ4n) is 2.05. The van der Waals surface area contributed by atoms with Crippen LogP contribution in [0.15, 0.2) is 42.5 Å². The number of aryl methyl sites for hydroxylation is 2. The Hall–Kier alpha value is -0.870. The maximum absolute atomic E-state index is 6.33. The predicted molar refractivity (Wildman–Crippen MR) is 81.1 cm³/mol. The smallest absolute Gasteiger partial charge is 0.0554 e. The van der Waals surface area contributed by atoms with Crippen molar-refractivity contribution >= 4 is 22.6 Å². The van der Waals surface area contributed by atoms with Gasteiger partial charge >= 0.3 is 0 Å². The van der Waals surface area contributed by atoms with Crippen LogP contribution in [0.4, 0.5) is 0 Å². The summed E-state index contributed by atoms with van der Waals surface area (Å²) in [6.45, 7) is 4.23. The van der Waals surface area contributed by atoms with E-state index in [1.165, 1.54) is 25.8 Å². The van der Waals surface area contributed by atoms with Crippen LogP contribution in [0.3, 0.4) is 0 Å². The van der Waals surface area contributed by atoms with Gasteiger partial charge in [-0.05, 0) is 65.3 Å². The molecule has 0 bridgehead atoms. The lowest BCUT2D eigenvalue weighted by Crippen LogP contribution is -2.13. The molecule has 0 amide bonds. The van der Waals surface area contributed by atoms with E-state index in [2.05, 4.69) is 78.9 Å². The molecule has 1 nitrogen and oxygen atoms in total. The van der Waals surface area contributed by atoms with Crippen LogP contribution < -0.4 is 5.73 Å². The van der Waals surface area contributed by atoms with Crippen molar-refractivity contribution in [2.45, 2.75) is 19.9 Å². The minimum absolute atomic E-state index is 0.0367. The molecular formula is C15H16IN. The average molecular weight is 337 g/mol. The number of hydrogen-bond acceptors (Lipinski definition) is 1. The van der Waals surface area contributed by atoms with Gasteiger partial charge in [-0.1, -0.05) is 35.9 Å². The van der Waals surface area contributed by atoms with Gasteiger partial charge in [0.1, 0.15) is 0 Å². The van der Waals surface area contributed by atoms with Gasteiger partial charge in [0.2, 0.25) is 0 Å². The van der Waals surface area contributed by atoms with Gasteiger partial charge in [-0.25, -0.2) is 0 Å². The van der Waals surface area contributed by atoms with Crippen molar-refractivity contribution in [1.29, 1.82) is 0 Å². The van der Waals surface area contributed by atoms with E-state index in [0.29, 0.717) is 0 Å². The second-order valence-electron chi connectivity index (χ2n) is 4.39. The van der Waals surface area contributed by atoms with Gasteiger partial charge in [-0.2, -0.15) is 0 Å². The summed E-state index contributed by atoms with van der Waals surface area (Å²) in [4.78, 5) is 0. The molecule has 1 unspecified atom stereocenters. The highest BCUT2D eigenvalue weighted by molar-refractivity contribution is 14.1. The molecule has 0 heterocycles. The zero-order valence-electron chi connectivity index (χ0n) is 10.1. The van der Waals surface area contributed by atoms with Crippen LogP contribution in [0.2, 0.25) is 0 Å². The molecule has 0 aliphatic rings. The fraction of sp³-hybridized carbons (Fsp3) is 0.200. The molecule has 0 aliphatic carbocycles. The zero-order valence-corrected chi connectivity index (χ0v) is 12.2. The van der Waals surface area contributed by atoms with E-state index >= 15 is 0 Å². The van der Waals surface area contributed by atoms with Crippen molar-refractivity contribution in [2.75, 3.05) is 0 Å². The Kier molecular flexibility index (Phi) is 3.84. The first-order valence-electron chi connectivity index (χ1n) is 5.66. The number of rotatable bonds is 2. The molecule has 1 atom stereocenters. The Balaban J connectivity index is 2.40. The highest BCUT2D eigenvalue weighted by atomic mass is 127. The van der Waals surface area contributed by atoms with Gasteiger partial charge in [0.25, 0.3) is 0 Å². The zero-order chi connectivity index (χ0) is 12.4. The highest BCUT2D eigenvalue weighted by Crippen LogP contribution is 2.24. The Morgan fingerprint density at radius 3 is 2.47 bits per heavy atom. The molecule has 0 saturated carbocycles. The minimum atomic E-state index is -0.0367. The monoisotopic (exact) mass is 337 g/mol. The maximum Gasteiger partial charge on any atom is 0.0554 e. The van der Waals surface area contributed by atoms with Gasteiger partial charge < -0.3 is 5.73 Å². The molecule has 88 valence electrons. The molecule has 0 radical (unpaired) electrons. The van der Waals surface area contributed by atoms with E-state index in [-0.39, 0.29) is 6.04 Å². The molecule has 0 aliphatic heterocycles. The van der Waals surface area contributed by atoms with Crippen LogP contribution in [0.1, 0.15) is 28.3 Å². The minimum Gasteiger partial charge on any atom is -0.320 e. The van der Waals surface area contributed by atoms with Gasteiger partial charge in [-0.15, -0.1) is 0 Å². The number of hydrogen-bond donors (Lipinski definition) is 1. The van der Waals surface area contributed by atoms with E-state index in [1.807, 2.05) is 0 Å². The SMILES string of the molecule is Cc1ccc(C(N)c2cccc(I)c2)c(C)c1. The largest absolute Gasteiger partial charge is 0.320 e. The van der Waals surface area contributed by atoms with Gasteiger partial charge in [0.15, 0.2) is 0 Å². The summed E-state index contributed by atoms with van der Waals surface area (Å²) in [5.74, 6) is 0. The molecule has 0 fully saturated rings. The standard InChI is InChI=1S/C15H16IN/c1-10-6-7-14(11(2)8-10)15(17)12-4-3-5-13(16)9-12/h3-9,15H,17H2,1-2H3. The van der Waals surface area contributed by atoms with E-state index in [0.717, 1.165) is 0 Å². The summed E-state index contributed by atoms with van der Waals surface area (Å²) in [6.07, 6.45) is 0. The average Bonchev–Trinajstić information content (AvgIpc) is 2.28. The Morgan fingerprint density at radius 2 is 1.82 bits per heavy atom. The molecule has 2 rings (SSSR count). The molecular weight excluding hydrogens is 321 g/mol. The summed E-state index contributed by atoms with van der Waals surface area (Å²) in [5, 5.41) is 0. The predicted octanol–water partition coefficient (Wildman–Crippen LogP) is 3.96. The van der Waals surface area contributed by atoms with Crippen LogP contribution in [0.25, 0.3) is 0 Å². The van der Waals surface area contributed by atoms with Crippen molar-refractivity contribution in [3.05, 3.63) is 68.3 Å². The van der Waals surface area contributed by atoms with Gasteiger partial charge in [0, 0.05) is 3.57 Å². The first kappa shape index (κ1) is 12.6. The lowest BCUT2D eigenvalue weighted by molar-refractivity contribution is 0.860. The Morgan fingerprint density at radius 1 is 1.06 bits per heavy atom. The summed E-state index contributed by atoms with van der Waals surface area (Å²) >= 11 is 2.32. The number of halogens is 1. The third kappa shape index (κ3) is 2.87. The lowest BCUT2D eigenvalue weighted by atomic mass is 9.95. The Bertz CT molecular complexity index is 534. The van der Waals surface area contributed by atoms with Crippen LogP contribution in [-0.2, 0) is 0 Å². The Labute approximate surface area is 116 Å². The summed E-state index contributed by atoms with van der Waals surface area (Å²) in [5.41, 5.74) is 11.2. The quantitative estimate of drug-likeness (QED) is 0.825. The number of benzene rings is 2.